The van der Waals surface area contributed by atoms with Crippen LogP contribution in [0.15, 0.2) is 46.2 Å². The maximum atomic E-state index is 12.8. The average Bonchev–Trinajstić information content (AvgIpc) is 2.51. The molecule has 5 nitrogen and oxygen atoms in total. The van der Waals surface area contributed by atoms with Crippen molar-refractivity contribution in [2.45, 2.75) is 42.7 Å². The highest BCUT2D eigenvalue weighted by Gasteiger charge is 2.27. The number of thioether (sulfide) groups is 1. The van der Waals surface area contributed by atoms with Gasteiger partial charge in [-0.25, -0.2) is 8.42 Å². The van der Waals surface area contributed by atoms with Crippen molar-refractivity contribution < 1.29 is 13.2 Å². The Labute approximate surface area is 158 Å². The molecule has 0 bridgehead atoms. The molecule has 26 heavy (non-hydrogen) atoms. The van der Waals surface area contributed by atoms with Crippen LogP contribution in [-0.2, 0) is 14.8 Å². The topological polar surface area (TPSA) is 66.5 Å². The van der Waals surface area contributed by atoms with Gasteiger partial charge in [-0.05, 0) is 55.3 Å². The van der Waals surface area contributed by atoms with Crippen LogP contribution in [0, 0.1) is 13.8 Å². The number of rotatable bonds is 3. The van der Waals surface area contributed by atoms with E-state index in [1.54, 1.807) is 47.0 Å². The van der Waals surface area contributed by atoms with Crippen LogP contribution in [0.1, 0.15) is 25.0 Å². The average molecular weight is 391 g/mol. The summed E-state index contributed by atoms with van der Waals surface area (Å²) in [6.45, 7) is 7.97. The van der Waals surface area contributed by atoms with Gasteiger partial charge >= 0.3 is 0 Å². The van der Waals surface area contributed by atoms with E-state index in [0.717, 1.165) is 16.0 Å². The van der Waals surface area contributed by atoms with Crippen molar-refractivity contribution >= 4 is 39.1 Å². The van der Waals surface area contributed by atoms with Gasteiger partial charge in [0.2, 0.25) is 5.91 Å². The smallest absolute Gasteiger partial charge is 0.261 e. The lowest BCUT2D eigenvalue weighted by molar-refractivity contribution is -0.116. The largest absolute Gasteiger partial charge is 0.310 e. The van der Waals surface area contributed by atoms with E-state index in [-0.39, 0.29) is 16.1 Å². The van der Waals surface area contributed by atoms with E-state index in [0.29, 0.717) is 17.9 Å². The summed E-state index contributed by atoms with van der Waals surface area (Å²) >= 11 is 1.65. The molecular weight excluding hydrogens is 368 g/mol. The fraction of sp³-hybridized carbons (Fsp3) is 0.316. The van der Waals surface area contributed by atoms with E-state index in [1.807, 2.05) is 19.9 Å². The normalized spacial score (nSPS) is 16.9. The number of nitrogens with zero attached hydrogens (tertiary/aromatic N) is 1. The zero-order valence-electron chi connectivity index (χ0n) is 15.2. The molecule has 0 radical (unpaired) electrons. The van der Waals surface area contributed by atoms with Crippen molar-refractivity contribution in [1.82, 2.24) is 0 Å². The maximum absolute atomic E-state index is 12.8. The first-order chi connectivity index (χ1) is 12.2. The molecule has 2 aromatic carbocycles. The molecule has 0 saturated heterocycles. The summed E-state index contributed by atoms with van der Waals surface area (Å²) in [6.07, 6.45) is 0. The fourth-order valence-electron chi connectivity index (χ4n) is 3.13. The lowest BCUT2D eigenvalue weighted by Gasteiger charge is -2.32. The van der Waals surface area contributed by atoms with Gasteiger partial charge in [-0.1, -0.05) is 13.0 Å². The lowest BCUT2D eigenvalue weighted by Crippen LogP contribution is -2.37. The van der Waals surface area contributed by atoms with E-state index in [4.69, 9.17) is 0 Å². The maximum Gasteiger partial charge on any atom is 0.261 e. The summed E-state index contributed by atoms with van der Waals surface area (Å²) in [5, 5.41) is 0.266. The summed E-state index contributed by atoms with van der Waals surface area (Å²) in [4.78, 5) is 14.7. The number of nitrogens with one attached hydrogen (secondary N) is 1. The molecule has 3 rings (SSSR count). The van der Waals surface area contributed by atoms with Crippen LogP contribution in [-0.4, -0.2) is 26.1 Å². The van der Waals surface area contributed by atoms with E-state index in [2.05, 4.69) is 11.6 Å². The van der Waals surface area contributed by atoms with Gasteiger partial charge in [0.05, 0.1) is 10.6 Å². The molecule has 0 fully saturated rings. The molecule has 1 amide bonds. The second-order valence-electron chi connectivity index (χ2n) is 6.67. The van der Waals surface area contributed by atoms with Gasteiger partial charge in [0.25, 0.3) is 10.0 Å². The molecular formula is C19H22N2O3S2. The standard InChI is InChI=1S/C19H22N2O3S2/c1-12-7-13(2)9-16(8-12)20-26(23,24)17-5-6-19-18(10-17)21(15(4)22)11-14(3)25-19/h5-10,14,20H,11H2,1-4H3/t14-/m1/s1. The third-order valence-electron chi connectivity index (χ3n) is 4.15. The van der Waals surface area contributed by atoms with E-state index < -0.39 is 10.0 Å². The molecule has 0 saturated carbocycles. The van der Waals surface area contributed by atoms with Gasteiger partial charge in [0.15, 0.2) is 0 Å². The number of sulfonamides is 1. The monoisotopic (exact) mass is 390 g/mol. The minimum absolute atomic E-state index is 0.0878. The molecule has 1 atom stereocenters. The van der Waals surface area contributed by atoms with Gasteiger partial charge in [0, 0.05) is 29.3 Å². The highest BCUT2D eigenvalue weighted by molar-refractivity contribution is 8.00. The Morgan fingerprint density at radius 1 is 1.15 bits per heavy atom. The summed E-state index contributed by atoms with van der Waals surface area (Å²) in [5.74, 6) is -0.0878. The zero-order chi connectivity index (χ0) is 19.1. The van der Waals surface area contributed by atoms with Gasteiger partial charge < -0.3 is 4.90 Å². The Balaban J connectivity index is 1.98. The van der Waals surface area contributed by atoms with Crippen LogP contribution < -0.4 is 9.62 Å². The number of hydrogen-bond acceptors (Lipinski definition) is 4. The minimum atomic E-state index is -3.74. The predicted octanol–water partition coefficient (Wildman–Crippen LogP) is 3.95. The van der Waals surface area contributed by atoms with Gasteiger partial charge in [-0.15, -0.1) is 11.8 Å². The third kappa shape index (κ3) is 3.88. The highest BCUT2D eigenvalue weighted by Crippen LogP contribution is 2.39. The van der Waals surface area contributed by atoms with Crippen LogP contribution >= 0.6 is 11.8 Å². The molecule has 7 heteroatoms. The van der Waals surface area contributed by atoms with Gasteiger partial charge in [0.1, 0.15) is 0 Å². The second-order valence-corrected chi connectivity index (χ2v) is 9.83. The predicted molar refractivity (Wildman–Crippen MR) is 107 cm³/mol. The first-order valence-electron chi connectivity index (χ1n) is 8.35. The second kappa shape index (κ2) is 6.96. The fourth-order valence-corrected chi connectivity index (χ4v) is 5.28. The van der Waals surface area contributed by atoms with Crippen molar-refractivity contribution in [1.29, 1.82) is 0 Å². The SMILES string of the molecule is CC(=O)N1C[C@@H](C)Sc2ccc(S(=O)(=O)Nc3cc(C)cc(C)c3)cc21. The number of amides is 1. The van der Waals surface area contributed by atoms with Crippen molar-refractivity contribution in [3.05, 3.63) is 47.5 Å². The van der Waals surface area contributed by atoms with Crippen molar-refractivity contribution in [3.8, 4) is 0 Å². The van der Waals surface area contributed by atoms with Crippen LogP contribution in [0.5, 0.6) is 0 Å². The molecule has 1 N–H and O–H groups in total. The van der Waals surface area contributed by atoms with E-state index in [1.165, 1.54) is 6.92 Å². The quantitative estimate of drug-likeness (QED) is 0.862. The highest BCUT2D eigenvalue weighted by atomic mass is 32.2. The Bertz CT molecular complexity index is 950. The molecule has 0 unspecified atom stereocenters. The molecule has 0 aliphatic carbocycles. The van der Waals surface area contributed by atoms with Crippen molar-refractivity contribution in [2.24, 2.45) is 0 Å². The lowest BCUT2D eigenvalue weighted by atomic mass is 10.1. The summed E-state index contributed by atoms with van der Waals surface area (Å²) in [6, 6.07) is 10.5. The molecule has 2 aromatic rings. The molecule has 0 aromatic heterocycles. The molecule has 1 aliphatic rings. The van der Waals surface area contributed by atoms with Crippen molar-refractivity contribution in [3.63, 3.8) is 0 Å². The number of hydrogen-bond donors (Lipinski definition) is 1. The Morgan fingerprint density at radius 3 is 2.42 bits per heavy atom. The number of anilines is 2. The van der Waals surface area contributed by atoms with Crippen LogP contribution in [0.25, 0.3) is 0 Å². The first-order valence-corrected chi connectivity index (χ1v) is 10.7. The molecule has 1 aliphatic heterocycles. The zero-order valence-corrected chi connectivity index (χ0v) is 16.9. The van der Waals surface area contributed by atoms with Gasteiger partial charge in [-0.2, -0.15) is 0 Å². The molecule has 138 valence electrons. The summed E-state index contributed by atoms with van der Waals surface area (Å²) in [5.41, 5.74) is 3.16. The number of aryl methyl sites for hydroxylation is 2. The van der Waals surface area contributed by atoms with E-state index >= 15 is 0 Å². The molecule has 1 heterocycles. The number of carbonyl (C=O) groups excluding carboxylic acids is 1. The van der Waals surface area contributed by atoms with Crippen LogP contribution in [0.2, 0.25) is 0 Å². The first kappa shape index (κ1) is 18.8. The minimum Gasteiger partial charge on any atom is -0.310 e. The Morgan fingerprint density at radius 2 is 1.81 bits per heavy atom. The number of fused-ring (bicyclic) bond motifs is 1. The van der Waals surface area contributed by atoms with Crippen LogP contribution in [0.4, 0.5) is 11.4 Å². The Kier molecular flexibility index (Phi) is 5.03. The number of benzene rings is 2. The summed E-state index contributed by atoms with van der Waals surface area (Å²) < 4.78 is 28.3. The number of carbonyl (C=O) groups is 1. The summed E-state index contributed by atoms with van der Waals surface area (Å²) in [7, 11) is -3.74. The third-order valence-corrected chi connectivity index (χ3v) is 6.68. The van der Waals surface area contributed by atoms with Gasteiger partial charge in [-0.3, -0.25) is 9.52 Å². The van der Waals surface area contributed by atoms with E-state index in [9.17, 15) is 13.2 Å². The van der Waals surface area contributed by atoms with Crippen molar-refractivity contribution in [2.75, 3.05) is 16.2 Å². The molecule has 0 spiro atoms. The van der Waals surface area contributed by atoms with Crippen LogP contribution in [0.3, 0.4) is 0 Å². The Hall–Kier alpha value is -1.99.